The van der Waals surface area contributed by atoms with E-state index < -0.39 is 30.3 Å². The van der Waals surface area contributed by atoms with Gasteiger partial charge in [-0.25, -0.2) is 9.18 Å². The Bertz CT molecular complexity index is 769. The fourth-order valence-electron chi connectivity index (χ4n) is 3.27. The van der Waals surface area contributed by atoms with Crippen molar-refractivity contribution < 1.29 is 37.4 Å². The number of ether oxygens (including phenoxy) is 1. The van der Waals surface area contributed by atoms with Crippen LogP contribution in [0.4, 0.5) is 29.3 Å². The average molecular weight is 432 g/mol. The van der Waals surface area contributed by atoms with Gasteiger partial charge in [-0.2, -0.15) is 13.8 Å². The maximum atomic E-state index is 14.8. The number of benzene rings is 1. The van der Waals surface area contributed by atoms with Crippen LogP contribution in [0, 0.1) is 5.82 Å². The first-order valence-corrected chi connectivity index (χ1v) is 9.46. The third-order valence-corrected chi connectivity index (χ3v) is 4.76. The lowest BCUT2D eigenvalue weighted by Crippen LogP contribution is -2.37. The Hall–Kier alpha value is -2.57. The van der Waals surface area contributed by atoms with Gasteiger partial charge >= 0.3 is 12.5 Å². The van der Waals surface area contributed by atoms with E-state index in [1.165, 1.54) is 11.0 Å². The van der Waals surface area contributed by atoms with Crippen molar-refractivity contribution in [2.75, 3.05) is 62.3 Å². The van der Waals surface area contributed by atoms with Crippen LogP contribution in [-0.4, -0.2) is 87.2 Å². The third-order valence-electron chi connectivity index (χ3n) is 4.76. The summed E-state index contributed by atoms with van der Waals surface area (Å²) in [7, 11) is 0. The summed E-state index contributed by atoms with van der Waals surface area (Å²) in [4.78, 5) is 31.5. The van der Waals surface area contributed by atoms with E-state index in [0.29, 0.717) is 38.5 Å². The number of nitrogens with one attached hydrogen (secondary N) is 1. The third kappa shape index (κ3) is 5.32. The van der Waals surface area contributed by atoms with Gasteiger partial charge in [0.25, 0.3) is 5.91 Å². The number of carbonyl (C=O) groups excluding carboxylic acids is 2. The lowest BCUT2D eigenvalue weighted by molar-refractivity contribution is -0.152. The zero-order valence-corrected chi connectivity index (χ0v) is 16.1. The molecule has 0 radical (unpaired) electrons. The summed E-state index contributed by atoms with van der Waals surface area (Å²) in [5, 5.41) is 12.6. The molecule has 0 bridgehead atoms. The Morgan fingerprint density at radius 1 is 1.30 bits per heavy atom. The van der Waals surface area contributed by atoms with Gasteiger partial charge in [-0.3, -0.25) is 14.5 Å². The van der Waals surface area contributed by atoms with Gasteiger partial charge in [-0.1, -0.05) is 0 Å². The second-order valence-corrected chi connectivity index (χ2v) is 6.77. The molecule has 0 aliphatic carbocycles. The molecule has 0 saturated carbocycles. The molecular formula is C18H23F3N4O5. The molecule has 3 rings (SSSR count). The number of carbonyl (C=O) groups is 2. The number of hydrogen-bond donors (Lipinski definition) is 2. The first-order valence-electron chi connectivity index (χ1n) is 9.46. The molecule has 2 saturated heterocycles. The summed E-state index contributed by atoms with van der Waals surface area (Å²) in [6.07, 6.45) is -4.72. The number of β-amino-alcohol motifs (C(OH)–C–C–N with tert-alkyl or cyclic N) is 1. The number of anilines is 2. The number of halogens is 3. The number of hydrogen-bond acceptors (Lipinski definition) is 7. The maximum Gasteiger partial charge on any atom is 0.414 e. The summed E-state index contributed by atoms with van der Waals surface area (Å²) in [6.45, 7) is 1.84. The molecular weight excluding hydrogens is 409 g/mol. The zero-order chi connectivity index (χ0) is 21.7. The summed E-state index contributed by atoms with van der Waals surface area (Å²) in [5.74, 6) is -1.98. The molecule has 2 aliphatic rings. The highest BCUT2D eigenvalue weighted by molar-refractivity contribution is 5.90. The first kappa shape index (κ1) is 22.1. The van der Waals surface area contributed by atoms with E-state index in [9.17, 15) is 22.8 Å². The molecule has 2 aliphatic heterocycles. The Morgan fingerprint density at radius 3 is 2.80 bits per heavy atom. The molecule has 0 unspecified atom stereocenters. The Balaban J connectivity index is 1.62. The van der Waals surface area contributed by atoms with E-state index >= 15 is 0 Å². The van der Waals surface area contributed by atoms with Gasteiger partial charge in [0.2, 0.25) is 0 Å². The van der Waals surface area contributed by atoms with Gasteiger partial charge in [0, 0.05) is 26.2 Å². The summed E-state index contributed by atoms with van der Waals surface area (Å²) in [6, 6.07) is 4.32. The lowest BCUT2D eigenvalue weighted by Gasteiger charge is -2.24. The largest absolute Gasteiger partial charge is 0.442 e. The Kier molecular flexibility index (Phi) is 7.34. The van der Waals surface area contributed by atoms with Crippen molar-refractivity contribution in [3.8, 4) is 0 Å². The van der Waals surface area contributed by atoms with Crippen LogP contribution in [0.2, 0.25) is 0 Å². The van der Waals surface area contributed by atoms with E-state index in [1.807, 2.05) is 10.2 Å². The summed E-state index contributed by atoms with van der Waals surface area (Å²) in [5.41, 5.74) is 0.610. The van der Waals surface area contributed by atoms with Crippen molar-refractivity contribution in [3.05, 3.63) is 24.0 Å². The molecule has 2 fully saturated rings. The standard InChI is InChI=1S/C18H23F3N4O5/c19-14-9-12(25-11-13(30-18(25)28)10-22-17(27)16(20)21)1-2-15(14)23-3-4-24(5-7-26)29-8-6-23/h1-2,9,13,16,26H,3-8,10-11H2,(H,22,27)/t13-/m0/s1. The van der Waals surface area contributed by atoms with Crippen LogP contribution in [-0.2, 0) is 14.4 Å². The highest BCUT2D eigenvalue weighted by atomic mass is 19.3. The fraction of sp³-hybridized carbons (Fsp3) is 0.556. The summed E-state index contributed by atoms with van der Waals surface area (Å²) >= 11 is 0. The second-order valence-electron chi connectivity index (χ2n) is 6.77. The number of amides is 2. The number of alkyl halides is 2. The summed E-state index contributed by atoms with van der Waals surface area (Å²) < 4.78 is 44.3. The number of hydroxylamine groups is 2. The smallest absolute Gasteiger partial charge is 0.414 e. The maximum absolute atomic E-state index is 14.8. The predicted molar refractivity (Wildman–Crippen MR) is 99.9 cm³/mol. The van der Waals surface area contributed by atoms with E-state index in [2.05, 4.69) is 0 Å². The number of rotatable bonds is 7. The molecule has 9 nitrogen and oxygen atoms in total. The van der Waals surface area contributed by atoms with Crippen LogP contribution in [0.25, 0.3) is 0 Å². The minimum Gasteiger partial charge on any atom is -0.442 e. The van der Waals surface area contributed by atoms with Gasteiger partial charge in [0.05, 0.1) is 37.7 Å². The molecule has 2 amide bonds. The van der Waals surface area contributed by atoms with Gasteiger partial charge in [0.15, 0.2) is 0 Å². The number of cyclic esters (lactones) is 1. The first-order chi connectivity index (χ1) is 14.4. The van der Waals surface area contributed by atoms with Gasteiger partial charge in [-0.15, -0.1) is 0 Å². The number of aliphatic hydroxyl groups is 1. The molecule has 1 aromatic rings. The van der Waals surface area contributed by atoms with E-state index in [1.54, 1.807) is 17.2 Å². The molecule has 12 heteroatoms. The van der Waals surface area contributed by atoms with Crippen molar-refractivity contribution in [2.24, 2.45) is 0 Å². The fourth-order valence-corrected chi connectivity index (χ4v) is 3.27. The van der Waals surface area contributed by atoms with Crippen LogP contribution >= 0.6 is 0 Å². The molecule has 0 aromatic heterocycles. The average Bonchev–Trinajstić information content (AvgIpc) is 2.93. The second kappa shape index (κ2) is 9.96. The van der Waals surface area contributed by atoms with Gasteiger partial charge in [-0.05, 0) is 18.2 Å². The van der Waals surface area contributed by atoms with Gasteiger partial charge in [0.1, 0.15) is 11.9 Å². The topological polar surface area (TPSA) is 94.6 Å². The van der Waals surface area contributed by atoms with Crippen molar-refractivity contribution in [2.45, 2.75) is 12.5 Å². The van der Waals surface area contributed by atoms with Crippen molar-refractivity contribution >= 4 is 23.4 Å². The molecule has 1 atom stereocenters. The molecule has 166 valence electrons. The highest BCUT2D eigenvalue weighted by Gasteiger charge is 2.33. The number of aliphatic hydroxyl groups excluding tert-OH is 1. The number of nitrogens with zero attached hydrogens (tertiary/aromatic N) is 3. The normalized spacial score (nSPS) is 20.4. The Morgan fingerprint density at radius 2 is 2.10 bits per heavy atom. The highest BCUT2D eigenvalue weighted by Crippen LogP contribution is 2.28. The van der Waals surface area contributed by atoms with Crippen LogP contribution in [0.3, 0.4) is 0 Å². The molecule has 0 spiro atoms. The van der Waals surface area contributed by atoms with Crippen molar-refractivity contribution in [1.82, 2.24) is 10.4 Å². The van der Waals surface area contributed by atoms with Crippen LogP contribution in [0.5, 0.6) is 0 Å². The monoisotopic (exact) mass is 432 g/mol. The molecule has 2 N–H and O–H groups in total. The van der Waals surface area contributed by atoms with E-state index in [4.69, 9.17) is 14.7 Å². The van der Waals surface area contributed by atoms with Crippen LogP contribution < -0.4 is 15.1 Å². The van der Waals surface area contributed by atoms with E-state index in [0.717, 1.165) is 0 Å². The van der Waals surface area contributed by atoms with E-state index in [-0.39, 0.29) is 25.4 Å². The Labute approximate surface area is 170 Å². The molecule has 30 heavy (non-hydrogen) atoms. The quantitative estimate of drug-likeness (QED) is 0.651. The minimum absolute atomic E-state index is 0.00515. The predicted octanol–water partition coefficient (Wildman–Crippen LogP) is 0.578. The molecule has 2 heterocycles. The van der Waals surface area contributed by atoms with Crippen molar-refractivity contribution in [1.29, 1.82) is 0 Å². The zero-order valence-electron chi connectivity index (χ0n) is 16.1. The van der Waals surface area contributed by atoms with Crippen LogP contribution in [0.1, 0.15) is 0 Å². The van der Waals surface area contributed by atoms with Gasteiger partial charge < -0.3 is 20.1 Å². The molecule has 1 aromatic carbocycles. The van der Waals surface area contributed by atoms with Crippen molar-refractivity contribution in [3.63, 3.8) is 0 Å². The van der Waals surface area contributed by atoms with Crippen LogP contribution in [0.15, 0.2) is 18.2 Å². The minimum atomic E-state index is -3.15. The lowest BCUT2D eigenvalue weighted by atomic mass is 10.2. The SMILES string of the molecule is O=C(NC[C@H]1CN(c2ccc(N3CCON(CCO)CC3)c(F)c2)C(=O)O1)C(F)F.